The first-order valence-corrected chi connectivity index (χ1v) is 6.04. The van der Waals surface area contributed by atoms with Crippen molar-refractivity contribution < 1.29 is 9.00 Å². The highest BCUT2D eigenvalue weighted by molar-refractivity contribution is 7.85. The second kappa shape index (κ2) is 3.78. The Kier molecular flexibility index (Phi) is 3.11. The molecule has 1 fully saturated rings. The molecule has 0 bridgehead atoms. The van der Waals surface area contributed by atoms with Crippen LogP contribution in [0.15, 0.2) is 0 Å². The van der Waals surface area contributed by atoms with Crippen LogP contribution in [0.3, 0.4) is 0 Å². The van der Waals surface area contributed by atoms with Crippen LogP contribution in [0, 0.1) is 5.41 Å². The summed E-state index contributed by atoms with van der Waals surface area (Å²) in [5, 5.41) is 2.92. The average Bonchev–Trinajstić information content (AvgIpc) is 2.33. The minimum absolute atomic E-state index is 0.0522. The first-order valence-electron chi connectivity index (χ1n) is 4.55. The molecule has 0 aromatic heterocycles. The molecule has 1 aliphatic heterocycles. The van der Waals surface area contributed by atoms with Gasteiger partial charge in [-0.2, -0.15) is 0 Å². The van der Waals surface area contributed by atoms with E-state index >= 15 is 0 Å². The molecule has 1 aliphatic rings. The lowest BCUT2D eigenvalue weighted by Crippen LogP contribution is -2.42. The summed E-state index contributed by atoms with van der Waals surface area (Å²) in [6.45, 7) is 5.65. The van der Waals surface area contributed by atoms with Crippen molar-refractivity contribution in [1.82, 2.24) is 5.32 Å². The van der Waals surface area contributed by atoms with Gasteiger partial charge in [-0.25, -0.2) is 0 Å². The highest BCUT2D eigenvalue weighted by atomic mass is 32.2. The fourth-order valence-corrected chi connectivity index (χ4v) is 2.59. The van der Waals surface area contributed by atoms with Crippen molar-refractivity contribution in [3.8, 4) is 0 Å². The minimum Gasteiger partial charge on any atom is -0.352 e. The lowest BCUT2D eigenvalue weighted by molar-refractivity contribution is -0.129. The third-order valence-corrected chi connectivity index (χ3v) is 3.56. The summed E-state index contributed by atoms with van der Waals surface area (Å²) in [7, 11) is -0.711. The predicted molar refractivity (Wildman–Crippen MR) is 53.9 cm³/mol. The molecule has 0 spiro atoms. The van der Waals surface area contributed by atoms with Crippen molar-refractivity contribution in [1.29, 1.82) is 0 Å². The Morgan fingerprint density at radius 2 is 2.08 bits per heavy atom. The molecule has 1 heterocycles. The zero-order valence-corrected chi connectivity index (χ0v) is 9.24. The summed E-state index contributed by atoms with van der Waals surface area (Å²) in [6.07, 6.45) is 0.856. The van der Waals surface area contributed by atoms with Crippen LogP contribution in [0.5, 0.6) is 0 Å². The average molecular weight is 203 g/mol. The van der Waals surface area contributed by atoms with Crippen molar-refractivity contribution in [2.45, 2.75) is 33.2 Å². The van der Waals surface area contributed by atoms with Crippen molar-refractivity contribution in [2.24, 2.45) is 5.41 Å². The van der Waals surface area contributed by atoms with Crippen LogP contribution in [0.25, 0.3) is 0 Å². The van der Waals surface area contributed by atoms with E-state index in [1.807, 2.05) is 20.8 Å². The molecule has 1 rings (SSSR count). The van der Waals surface area contributed by atoms with Gasteiger partial charge in [-0.3, -0.25) is 9.00 Å². The molecule has 2 unspecified atom stereocenters. The lowest BCUT2D eigenvalue weighted by atomic mass is 9.95. The Bertz CT molecular complexity index is 232. The maximum Gasteiger partial charge on any atom is 0.225 e. The lowest BCUT2D eigenvalue weighted by Gasteiger charge is -2.20. The molecule has 1 saturated heterocycles. The van der Waals surface area contributed by atoms with Crippen LogP contribution >= 0.6 is 0 Å². The normalized spacial score (nSPS) is 28.8. The SMILES string of the molecule is CC(C)(C)C(=O)NC1CCS(=O)C1. The Morgan fingerprint density at radius 3 is 2.46 bits per heavy atom. The summed E-state index contributed by atoms with van der Waals surface area (Å²) in [5.41, 5.74) is -0.343. The Morgan fingerprint density at radius 1 is 1.46 bits per heavy atom. The molecular formula is C9H17NO2S. The molecule has 0 saturated carbocycles. The van der Waals surface area contributed by atoms with Crippen molar-refractivity contribution in [2.75, 3.05) is 11.5 Å². The predicted octanol–water partition coefficient (Wildman–Crippen LogP) is 0.670. The Hall–Kier alpha value is -0.380. The van der Waals surface area contributed by atoms with Gasteiger partial charge < -0.3 is 5.32 Å². The van der Waals surface area contributed by atoms with Crippen LogP contribution in [0.4, 0.5) is 0 Å². The van der Waals surface area contributed by atoms with Crippen LogP contribution in [0.2, 0.25) is 0 Å². The van der Waals surface area contributed by atoms with Gasteiger partial charge in [0.05, 0.1) is 0 Å². The van der Waals surface area contributed by atoms with E-state index < -0.39 is 10.8 Å². The molecule has 0 aliphatic carbocycles. The second-order valence-electron chi connectivity index (χ2n) is 4.52. The standard InChI is InChI=1S/C9H17NO2S/c1-9(2,3)8(11)10-7-4-5-13(12)6-7/h7H,4-6H2,1-3H3,(H,10,11). The summed E-state index contributed by atoms with van der Waals surface area (Å²) >= 11 is 0. The number of nitrogens with one attached hydrogen (secondary N) is 1. The van der Waals surface area contributed by atoms with Crippen molar-refractivity contribution in [3.63, 3.8) is 0 Å². The first kappa shape index (κ1) is 10.7. The number of hydrogen-bond acceptors (Lipinski definition) is 2. The summed E-state index contributed by atoms with van der Waals surface area (Å²) < 4.78 is 11.0. The van der Waals surface area contributed by atoms with E-state index in [9.17, 15) is 9.00 Å². The molecule has 76 valence electrons. The largest absolute Gasteiger partial charge is 0.352 e. The van der Waals surface area contributed by atoms with E-state index in [-0.39, 0.29) is 17.4 Å². The smallest absolute Gasteiger partial charge is 0.225 e. The van der Waals surface area contributed by atoms with E-state index in [1.54, 1.807) is 0 Å². The fraction of sp³-hybridized carbons (Fsp3) is 0.889. The summed E-state index contributed by atoms with van der Waals surface area (Å²) in [5.74, 6) is 1.41. The van der Waals surface area contributed by atoms with Crippen LogP contribution in [0.1, 0.15) is 27.2 Å². The molecule has 13 heavy (non-hydrogen) atoms. The van der Waals surface area contributed by atoms with Gasteiger partial charge in [0.25, 0.3) is 0 Å². The second-order valence-corrected chi connectivity index (χ2v) is 6.14. The third kappa shape index (κ3) is 3.10. The van der Waals surface area contributed by atoms with Gasteiger partial charge in [0.2, 0.25) is 5.91 Å². The summed E-state index contributed by atoms with van der Waals surface area (Å²) in [4.78, 5) is 11.5. The van der Waals surface area contributed by atoms with E-state index in [2.05, 4.69) is 5.32 Å². The zero-order chi connectivity index (χ0) is 10.1. The maximum atomic E-state index is 11.5. The van der Waals surface area contributed by atoms with Gasteiger partial charge in [-0.1, -0.05) is 20.8 Å². The van der Waals surface area contributed by atoms with E-state index in [0.717, 1.165) is 12.2 Å². The Labute approximate surface area is 81.7 Å². The Balaban J connectivity index is 2.42. The van der Waals surface area contributed by atoms with Gasteiger partial charge in [0.1, 0.15) is 0 Å². The number of carbonyl (C=O) groups is 1. The van der Waals surface area contributed by atoms with Crippen molar-refractivity contribution in [3.05, 3.63) is 0 Å². The molecule has 1 amide bonds. The first-order chi connectivity index (χ1) is 5.89. The zero-order valence-electron chi connectivity index (χ0n) is 8.42. The van der Waals surface area contributed by atoms with Gasteiger partial charge >= 0.3 is 0 Å². The van der Waals surface area contributed by atoms with Gasteiger partial charge in [0.15, 0.2) is 0 Å². The van der Waals surface area contributed by atoms with Crippen LogP contribution < -0.4 is 5.32 Å². The molecule has 0 radical (unpaired) electrons. The fourth-order valence-electron chi connectivity index (χ4n) is 1.18. The molecule has 0 aromatic rings. The maximum absolute atomic E-state index is 11.5. The highest BCUT2D eigenvalue weighted by Gasteiger charge is 2.27. The van der Waals surface area contributed by atoms with Gasteiger partial charge in [-0.15, -0.1) is 0 Å². The third-order valence-electron chi connectivity index (χ3n) is 2.10. The molecule has 0 aromatic carbocycles. The number of rotatable bonds is 1. The highest BCUT2D eigenvalue weighted by Crippen LogP contribution is 2.15. The van der Waals surface area contributed by atoms with E-state index in [0.29, 0.717) is 5.75 Å². The number of hydrogen-bond donors (Lipinski definition) is 1. The topological polar surface area (TPSA) is 46.2 Å². The van der Waals surface area contributed by atoms with Crippen LogP contribution in [-0.2, 0) is 15.6 Å². The van der Waals surface area contributed by atoms with Gasteiger partial charge in [-0.05, 0) is 6.42 Å². The molecule has 1 N–H and O–H groups in total. The van der Waals surface area contributed by atoms with Gasteiger partial charge in [0, 0.05) is 33.8 Å². The number of amides is 1. The summed E-state index contributed by atoms with van der Waals surface area (Å²) in [6, 6.07) is 0.132. The van der Waals surface area contributed by atoms with Crippen LogP contribution in [-0.4, -0.2) is 27.7 Å². The molecule has 3 nitrogen and oxygen atoms in total. The molecule has 2 atom stereocenters. The quantitative estimate of drug-likeness (QED) is 0.681. The molecule has 4 heteroatoms. The molecular weight excluding hydrogens is 186 g/mol. The van der Waals surface area contributed by atoms with Crippen molar-refractivity contribution >= 4 is 16.7 Å². The van der Waals surface area contributed by atoms with E-state index in [1.165, 1.54) is 0 Å². The minimum atomic E-state index is -0.711. The monoisotopic (exact) mass is 203 g/mol. The van der Waals surface area contributed by atoms with E-state index in [4.69, 9.17) is 0 Å². The number of carbonyl (C=O) groups excluding carboxylic acids is 1.